The quantitative estimate of drug-likeness (QED) is 0.594. The molecule has 0 radical (unpaired) electrons. The lowest BCUT2D eigenvalue weighted by Crippen LogP contribution is -2.50. The highest BCUT2D eigenvalue weighted by atomic mass is 32.2. The maximum Gasteiger partial charge on any atom is 0.340 e. The average Bonchev–Trinajstić information content (AvgIpc) is 2.78. The first kappa shape index (κ1) is 24.2. The molecule has 0 unspecified atom stereocenters. The van der Waals surface area contributed by atoms with E-state index in [1.165, 1.54) is 31.2 Å². The number of hydrogen-bond donors (Lipinski definition) is 2. The molecule has 8 nitrogen and oxygen atoms in total. The van der Waals surface area contributed by atoms with Gasteiger partial charge < -0.3 is 10.1 Å². The largest absolute Gasteiger partial charge is 0.452 e. The summed E-state index contributed by atoms with van der Waals surface area (Å²) in [5.74, 6) is -2.08. The summed E-state index contributed by atoms with van der Waals surface area (Å²) in [6.07, 6.45) is 3.73. The number of aryl methyl sites for hydroxylation is 1. The van der Waals surface area contributed by atoms with Crippen LogP contribution in [0.1, 0.15) is 48.0 Å². The second-order valence-corrected chi connectivity index (χ2v) is 9.59. The number of hydrogen-bond acceptors (Lipinski definition) is 6. The van der Waals surface area contributed by atoms with Gasteiger partial charge in [0, 0.05) is 0 Å². The number of sulfonamides is 1. The van der Waals surface area contributed by atoms with Crippen LogP contribution in [0.15, 0.2) is 47.4 Å². The van der Waals surface area contributed by atoms with Gasteiger partial charge in [-0.2, -0.15) is 5.26 Å². The van der Waals surface area contributed by atoms with Crippen LogP contribution in [-0.2, 0) is 19.6 Å². The van der Waals surface area contributed by atoms with Gasteiger partial charge in [0.05, 0.1) is 22.2 Å². The van der Waals surface area contributed by atoms with Crippen LogP contribution in [0.3, 0.4) is 0 Å². The zero-order valence-electron chi connectivity index (χ0n) is 18.1. The van der Waals surface area contributed by atoms with Crippen LogP contribution in [-0.4, -0.2) is 32.4 Å². The third kappa shape index (κ3) is 5.87. The molecule has 1 amide bonds. The predicted octanol–water partition coefficient (Wildman–Crippen LogP) is 3.43. The summed E-state index contributed by atoms with van der Waals surface area (Å²) < 4.78 is 46.3. The summed E-state index contributed by atoms with van der Waals surface area (Å²) in [4.78, 5) is 24.7. The van der Waals surface area contributed by atoms with Crippen molar-refractivity contribution >= 4 is 27.6 Å². The van der Waals surface area contributed by atoms with Crippen molar-refractivity contribution in [3.63, 3.8) is 0 Å². The fraction of sp³-hybridized carbons (Fsp3) is 0.348. The molecular formula is C23H24FN3O5S. The van der Waals surface area contributed by atoms with E-state index in [9.17, 15) is 27.7 Å². The summed E-state index contributed by atoms with van der Waals surface area (Å²) in [5, 5.41) is 12.1. The second-order valence-electron chi connectivity index (χ2n) is 7.94. The van der Waals surface area contributed by atoms with Crippen LogP contribution in [0.5, 0.6) is 0 Å². The number of para-hydroxylation sites is 1. The number of esters is 1. The van der Waals surface area contributed by atoms with Crippen molar-refractivity contribution in [2.45, 2.75) is 49.5 Å². The molecule has 0 spiro atoms. The summed E-state index contributed by atoms with van der Waals surface area (Å²) in [6, 6.07) is 11.2. The highest BCUT2D eigenvalue weighted by molar-refractivity contribution is 7.92. The summed E-state index contributed by atoms with van der Waals surface area (Å²) in [5.41, 5.74) is -0.899. The maximum atomic E-state index is 13.4. The van der Waals surface area contributed by atoms with Crippen molar-refractivity contribution in [1.82, 2.24) is 5.32 Å². The van der Waals surface area contributed by atoms with Crippen molar-refractivity contribution in [3.05, 3.63) is 59.4 Å². The number of nitrogens with zero attached hydrogens (tertiary/aromatic N) is 1. The second kappa shape index (κ2) is 10.0. The van der Waals surface area contributed by atoms with Gasteiger partial charge in [-0.3, -0.25) is 9.52 Å². The lowest BCUT2D eigenvalue weighted by atomic mass is 9.83. The molecule has 10 heteroatoms. The fourth-order valence-corrected chi connectivity index (χ4v) is 5.10. The van der Waals surface area contributed by atoms with Crippen LogP contribution >= 0.6 is 0 Å². The standard InChI is InChI=1S/C23H24FN3O5S/c1-16-13-17(24)9-10-20(16)33(30,31)27-19-8-4-3-7-18(19)22(29)32-14-21(28)26-23(15-25)11-5-2-6-12-23/h3-4,7-10,13,27H,2,5-6,11-12,14H2,1H3,(H,26,28). The number of rotatable bonds is 7. The Kier molecular flexibility index (Phi) is 7.33. The smallest absolute Gasteiger partial charge is 0.340 e. The minimum Gasteiger partial charge on any atom is -0.452 e. The summed E-state index contributed by atoms with van der Waals surface area (Å²) in [7, 11) is -4.12. The van der Waals surface area contributed by atoms with E-state index in [0.717, 1.165) is 37.5 Å². The molecule has 0 saturated heterocycles. The Bertz CT molecular complexity index is 1200. The summed E-state index contributed by atoms with van der Waals surface area (Å²) >= 11 is 0. The first-order valence-corrected chi connectivity index (χ1v) is 11.9. The molecule has 1 aliphatic carbocycles. The van der Waals surface area contributed by atoms with Crippen molar-refractivity contribution in [1.29, 1.82) is 5.26 Å². The molecule has 33 heavy (non-hydrogen) atoms. The fourth-order valence-electron chi connectivity index (χ4n) is 3.80. The number of nitriles is 1. The van der Waals surface area contributed by atoms with Gasteiger partial charge in [-0.25, -0.2) is 17.6 Å². The number of carbonyl (C=O) groups excluding carboxylic acids is 2. The zero-order valence-corrected chi connectivity index (χ0v) is 18.9. The Hall–Kier alpha value is -3.45. The SMILES string of the molecule is Cc1cc(F)ccc1S(=O)(=O)Nc1ccccc1C(=O)OCC(=O)NC1(C#N)CCCCC1. The molecule has 0 aliphatic heterocycles. The van der Waals surface area contributed by atoms with Crippen LogP contribution < -0.4 is 10.0 Å². The third-order valence-corrected chi connectivity index (χ3v) is 6.98. The number of benzene rings is 2. The maximum absolute atomic E-state index is 13.4. The van der Waals surface area contributed by atoms with E-state index in [1.54, 1.807) is 0 Å². The Morgan fingerprint density at radius 1 is 1.15 bits per heavy atom. The molecule has 0 aromatic heterocycles. The molecule has 1 aliphatic rings. The van der Waals surface area contributed by atoms with Crippen molar-refractivity contribution < 1.29 is 27.1 Å². The first-order valence-electron chi connectivity index (χ1n) is 10.4. The zero-order chi connectivity index (χ0) is 24.1. The van der Waals surface area contributed by atoms with E-state index in [2.05, 4.69) is 16.1 Å². The number of anilines is 1. The minimum absolute atomic E-state index is 0.0487. The minimum atomic E-state index is -4.12. The molecule has 3 rings (SSSR count). The van der Waals surface area contributed by atoms with E-state index in [0.29, 0.717) is 12.8 Å². The summed E-state index contributed by atoms with van der Waals surface area (Å²) in [6.45, 7) is 0.844. The molecule has 2 aromatic rings. The average molecular weight is 474 g/mol. The molecule has 1 fully saturated rings. The lowest BCUT2D eigenvalue weighted by Gasteiger charge is -2.31. The van der Waals surface area contributed by atoms with Gasteiger partial charge in [0.1, 0.15) is 11.4 Å². The molecule has 174 valence electrons. The van der Waals surface area contributed by atoms with Crippen molar-refractivity contribution in [3.8, 4) is 6.07 Å². The molecule has 1 saturated carbocycles. The topological polar surface area (TPSA) is 125 Å². The normalized spacial score (nSPS) is 15.2. The Labute approximate surface area is 191 Å². The monoisotopic (exact) mass is 473 g/mol. The van der Waals surface area contributed by atoms with Gasteiger partial charge in [-0.05, 0) is 55.7 Å². The van der Waals surface area contributed by atoms with Crippen LogP contribution in [0.25, 0.3) is 0 Å². The number of amides is 1. The number of halogens is 1. The van der Waals surface area contributed by atoms with E-state index in [4.69, 9.17) is 4.74 Å². The third-order valence-electron chi connectivity index (χ3n) is 5.45. The highest BCUT2D eigenvalue weighted by Gasteiger charge is 2.33. The lowest BCUT2D eigenvalue weighted by molar-refractivity contribution is -0.125. The molecule has 0 atom stereocenters. The number of nitrogens with one attached hydrogen (secondary N) is 2. The Morgan fingerprint density at radius 2 is 1.85 bits per heavy atom. The van der Waals surface area contributed by atoms with Gasteiger partial charge >= 0.3 is 5.97 Å². The van der Waals surface area contributed by atoms with Gasteiger partial charge in [0.15, 0.2) is 6.61 Å². The Balaban J connectivity index is 1.70. The van der Waals surface area contributed by atoms with Gasteiger partial charge in [0.2, 0.25) is 0 Å². The van der Waals surface area contributed by atoms with Gasteiger partial charge in [0.25, 0.3) is 15.9 Å². The first-order chi connectivity index (χ1) is 15.7. The Morgan fingerprint density at radius 3 is 2.52 bits per heavy atom. The van der Waals surface area contributed by atoms with Crippen LogP contribution in [0, 0.1) is 24.1 Å². The van der Waals surface area contributed by atoms with E-state index >= 15 is 0 Å². The molecule has 2 aromatic carbocycles. The highest BCUT2D eigenvalue weighted by Crippen LogP contribution is 2.27. The molecule has 0 heterocycles. The van der Waals surface area contributed by atoms with Crippen LogP contribution in [0.4, 0.5) is 10.1 Å². The van der Waals surface area contributed by atoms with Gasteiger partial charge in [-0.1, -0.05) is 31.4 Å². The number of carbonyl (C=O) groups is 2. The van der Waals surface area contributed by atoms with Crippen molar-refractivity contribution in [2.24, 2.45) is 0 Å². The predicted molar refractivity (Wildman–Crippen MR) is 118 cm³/mol. The van der Waals surface area contributed by atoms with E-state index in [-0.39, 0.29) is 21.7 Å². The van der Waals surface area contributed by atoms with E-state index < -0.39 is 39.9 Å². The van der Waals surface area contributed by atoms with E-state index in [1.807, 2.05) is 0 Å². The molecular weight excluding hydrogens is 449 g/mol. The van der Waals surface area contributed by atoms with Crippen LogP contribution in [0.2, 0.25) is 0 Å². The molecule has 2 N–H and O–H groups in total. The number of ether oxygens (including phenoxy) is 1. The van der Waals surface area contributed by atoms with Gasteiger partial charge in [-0.15, -0.1) is 0 Å². The molecule has 0 bridgehead atoms. The van der Waals surface area contributed by atoms with Crippen molar-refractivity contribution in [2.75, 3.05) is 11.3 Å².